The van der Waals surface area contributed by atoms with Gasteiger partial charge in [-0.2, -0.15) is 13.2 Å². The smallest absolute Gasteiger partial charge is 0.418 e. The van der Waals surface area contributed by atoms with Gasteiger partial charge in [0.25, 0.3) is 0 Å². The Morgan fingerprint density at radius 1 is 1.32 bits per heavy atom. The van der Waals surface area contributed by atoms with Crippen molar-refractivity contribution in [3.63, 3.8) is 0 Å². The van der Waals surface area contributed by atoms with Crippen LogP contribution in [-0.4, -0.2) is 37.7 Å². The topological polar surface area (TPSA) is 54.5 Å². The average Bonchev–Trinajstić information content (AvgIpc) is 3.14. The fraction of sp³-hybridized carbons (Fsp3) is 0.400. The Morgan fingerprint density at radius 3 is 2.79 bits per heavy atom. The largest absolute Gasteiger partial charge is 0.465 e. The molecule has 1 aromatic carbocycles. The van der Waals surface area contributed by atoms with Crippen molar-refractivity contribution in [3.8, 4) is 0 Å². The van der Waals surface area contributed by atoms with Crippen molar-refractivity contribution in [1.29, 1.82) is 0 Å². The van der Waals surface area contributed by atoms with Crippen molar-refractivity contribution in [1.82, 2.24) is 4.98 Å². The highest BCUT2D eigenvalue weighted by atomic mass is 19.4. The molecule has 0 spiro atoms. The average molecular weight is 393 g/mol. The number of halogens is 3. The Kier molecular flexibility index (Phi) is 5.76. The van der Waals surface area contributed by atoms with Gasteiger partial charge in [-0.05, 0) is 43.5 Å². The molecule has 28 heavy (non-hydrogen) atoms. The molecule has 0 aliphatic carbocycles. The van der Waals surface area contributed by atoms with Gasteiger partial charge >= 0.3 is 12.1 Å². The second-order valence-corrected chi connectivity index (χ2v) is 6.87. The molecule has 0 radical (unpaired) electrons. The Balaban J connectivity index is 1.66. The van der Waals surface area contributed by atoms with Gasteiger partial charge in [-0.25, -0.2) is 9.78 Å². The van der Waals surface area contributed by atoms with Crippen LogP contribution in [0.3, 0.4) is 0 Å². The highest BCUT2D eigenvalue weighted by Crippen LogP contribution is 2.35. The summed E-state index contributed by atoms with van der Waals surface area (Å²) in [6, 6.07) is 8.85. The zero-order valence-corrected chi connectivity index (χ0v) is 15.7. The van der Waals surface area contributed by atoms with Crippen LogP contribution in [0.15, 0.2) is 36.4 Å². The van der Waals surface area contributed by atoms with Crippen molar-refractivity contribution in [2.24, 2.45) is 5.92 Å². The summed E-state index contributed by atoms with van der Waals surface area (Å²) < 4.78 is 44.1. The van der Waals surface area contributed by atoms with E-state index in [0.29, 0.717) is 30.2 Å². The van der Waals surface area contributed by atoms with E-state index in [-0.39, 0.29) is 11.6 Å². The van der Waals surface area contributed by atoms with Crippen molar-refractivity contribution in [2.45, 2.75) is 19.5 Å². The lowest BCUT2D eigenvalue weighted by atomic mass is 10.1. The molecular weight excluding hydrogens is 371 g/mol. The summed E-state index contributed by atoms with van der Waals surface area (Å²) in [5.74, 6) is 0.427. The summed E-state index contributed by atoms with van der Waals surface area (Å²) in [5, 5.41) is 2.94. The first-order chi connectivity index (χ1) is 13.3. The predicted molar refractivity (Wildman–Crippen MR) is 101 cm³/mol. The summed E-state index contributed by atoms with van der Waals surface area (Å²) in [6.45, 7) is 3.61. The SMILES string of the molecule is COC(=O)c1cc(C)nc(N2CCC(CNc3ccccc3C(F)(F)F)C2)c1. The van der Waals surface area contributed by atoms with Crippen LogP contribution in [-0.2, 0) is 10.9 Å². The first kappa shape index (κ1) is 20.0. The Morgan fingerprint density at radius 2 is 2.07 bits per heavy atom. The molecule has 150 valence electrons. The van der Waals surface area contributed by atoms with Gasteiger partial charge in [-0.1, -0.05) is 12.1 Å². The third kappa shape index (κ3) is 4.55. The number of hydrogen-bond donors (Lipinski definition) is 1. The second kappa shape index (κ2) is 8.08. The molecule has 1 aliphatic rings. The van der Waals surface area contributed by atoms with Crippen LogP contribution in [0.2, 0.25) is 0 Å². The van der Waals surface area contributed by atoms with Gasteiger partial charge < -0.3 is 15.0 Å². The number of aromatic nitrogens is 1. The summed E-state index contributed by atoms with van der Waals surface area (Å²) in [6.07, 6.45) is -3.56. The van der Waals surface area contributed by atoms with Gasteiger partial charge in [-0.15, -0.1) is 0 Å². The van der Waals surface area contributed by atoms with Gasteiger partial charge in [0.1, 0.15) is 5.82 Å². The summed E-state index contributed by atoms with van der Waals surface area (Å²) in [5.41, 5.74) is 0.576. The zero-order valence-electron chi connectivity index (χ0n) is 15.7. The number of anilines is 2. The molecule has 5 nitrogen and oxygen atoms in total. The number of methoxy groups -OCH3 is 1. The minimum atomic E-state index is -4.39. The molecule has 2 aromatic rings. The van der Waals surface area contributed by atoms with E-state index >= 15 is 0 Å². The number of esters is 1. The summed E-state index contributed by atoms with van der Waals surface area (Å²) >= 11 is 0. The number of carbonyl (C=O) groups is 1. The van der Waals surface area contributed by atoms with E-state index in [1.807, 2.05) is 4.90 Å². The number of nitrogens with zero attached hydrogens (tertiary/aromatic N) is 2. The van der Waals surface area contributed by atoms with Gasteiger partial charge in [-0.3, -0.25) is 0 Å². The first-order valence-corrected chi connectivity index (χ1v) is 9.00. The molecule has 1 aliphatic heterocycles. The molecule has 0 amide bonds. The van der Waals surface area contributed by atoms with E-state index in [1.54, 1.807) is 25.1 Å². The van der Waals surface area contributed by atoms with Crippen LogP contribution < -0.4 is 10.2 Å². The number of rotatable bonds is 5. The molecule has 1 atom stereocenters. The van der Waals surface area contributed by atoms with E-state index in [1.165, 1.54) is 19.2 Å². The molecule has 1 saturated heterocycles. The van der Waals surface area contributed by atoms with E-state index in [9.17, 15) is 18.0 Å². The molecule has 3 rings (SSSR count). The second-order valence-electron chi connectivity index (χ2n) is 6.87. The predicted octanol–water partition coefficient (Wildman–Crippen LogP) is 4.13. The highest BCUT2D eigenvalue weighted by Gasteiger charge is 2.33. The van der Waals surface area contributed by atoms with Crippen LogP contribution in [0.5, 0.6) is 0 Å². The van der Waals surface area contributed by atoms with Crippen LogP contribution in [0, 0.1) is 12.8 Å². The Hall–Kier alpha value is -2.77. The molecule has 1 N–H and O–H groups in total. The number of benzene rings is 1. The summed E-state index contributed by atoms with van der Waals surface area (Å²) in [7, 11) is 1.33. The zero-order chi connectivity index (χ0) is 20.3. The number of hydrogen-bond acceptors (Lipinski definition) is 5. The van der Waals surface area contributed by atoms with Crippen LogP contribution >= 0.6 is 0 Å². The van der Waals surface area contributed by atoms with E-state index in [2.05, 4.69) is 10.3 Å². The monoisotopic (exact) mass is 393 g/mol. The lowest BCUT2D eigenvalue weighted by molar-refractivity contribution is -0.137. The number of nitrogens with one attached hydrogen (secondary N) is 1. The minimum absolute atomic E-state index is 0.0927. The fourth-order valence-corrected chi connectivity index (χ4v) is 3.39. The third-order valence-electron chi connectivity index (χ3n) is 4.78. The van der Waals surface area contributed by atoms with Gasteiger partial charge in [0, 0.05) is 31.0 Å². The maximum atomic E-state index is 13.1. The number of ether oxygens (including phenoxy) is 1. The molecule has 1 aromatic heterocycles. The van der Waals surface area contributed by atoms with Crippen LogP contribution in [0.25, 0.3) is 0 Å². The number of pyridine rings is 1. The standard InChI is InChI=1S/C20H22F3N3O2/c1-13-9-15(19(27)28-2)10-18(25-13)26-8-7-14(12-26)11-24-17-6-4-3-5-16(17)20(21,22)23/h3-6,9-10,14,24H,7-8,11-12H2,1-2H3. The summed E-state index contributed by atoms with van der Waals surface area (Å²) in [4.78, 5) is 18.3. The number of alkyl halides is 3. The van der Waals surface area contributed by atoms with Gasteiger partial charge in [0.15, 0.2) is 0 Å². The molecule has 1 fully saturated rings. The van der Waals surface area contributed by atoms with Gasteiger partial charge in [0.2, 0.25) is 0 Å². The quantitative estimate of drug-likeness (QED) is 0.774. The van der Waals surface area contributed by atoms with E-state index in [4.69, 9.17) is 4.74 Å². The molecule has 8 heteroatoms. The first-order valence-electron chi connectivity index (χ1n) is 9.00. The van der Waals surface area contributed by atoms with Crippen molar-refractivity contribution in [3.05, 3.63) is 53.2 Å². The number of carbonyl (C=O) groups excluding carboxylic acids is 1. The van der Waals surface area contributed by atoms with E-state index < -0.39 is 17.7 Å². The Bertz CT molecular complexity index is 855. The normalized spacial score (nSPS) is 16.9. The van der Waals surface area contributed by atoms with Crippen molar-refractivity contribution in [2.75, 3.05) is 37.0 Å². The fourth-order valence-electron chi connectivity index (χ4n) is 3.39. The maximum Gasteiger partial charge on any atom is 0.418 e. The lowest BCUT2D eigenvalue weighted by Gasteiger charge is -2.20. The highest BCUT2D eigenvalue weighted by molar-refractivity contribution is 5.90. The maximum absolute atomic E-state index is 13.1. The molecule has 1 unspecified atom stereocenters. The minimum Gasteiger partial charge on any atom is -0.465 e. The molecule has 0 saturated carbocycles. The third-order valence-corrected chi connectivity index (χ3v) is 4.78. The number of aryl methyl sites for hydroxylation is 1. The van der Waals surface area contributed by atoms with Crippen molar-refractivity contribution >= 4 is 17.5 Å². The van der Waals surface area contributed by atoms with Crippen molar-refractivity contribution < 1.29 is 22.7 Å². The molecule has 0 bridgehead atoms. The Labute approximate surface area is 161 Å². The van der Waals surface area contributed by atoms with Crippen LogP contribution in [0.4, 0.5) is 24.7 Å². The van der Waals surface area contributed by atoms with E-state index in [0.717, 1.165) is 19.0 Å². The lowest BCUT2D eigenvalue weighted by Crippen LogP contribution is -2.24. The van der Waals surface area contributed by atoms with Crippen LogP contribution in [0.1, 0.15) is 28.0 Å². The molecule has 2 heterocycles. The molecular formula is C20H22F3N3O2. The number of para-hydroxylation sites is 1. The van der Waals surface area contributed by atoms with Gasteiger partial charge in [0.05, 0.1) is 18.2 Å².